The van der Waals surface area contributed by atoms with Gasteiger partial charge in [0, 0.05) is 43.1 Å². The molecule has 1 saturated heterocycles. The van der Waals surface area contributed by atoms with E-state index in [1.54, 1.807) is 23.1 Å². The lowest BCUT2D eigenvalue weighted by Gasteiger charge is -2.32. The van der Waals surface area contributed by atoms with E-state index < -0.39 is 0 Å². The number of carbonyl (C=O) groups is 1. The van der Waals surface area contributed by atoms with Crippen LogP contribution in [0.15, 0.2) is 45.9 Å². The molecular weight excluding hydrogens is 366 g/mol. The van der Waals surface area contributed by atoms with E-state index in [9.17, 15) is 9.59 Å². The first-order valence-electron chi connectivity index (χ1n) is 9.01. The maximum atomic E-state index is 12.8. The number of halogens is 1. The van der Waals surface area contributed by atoms with Gasteiger partial charge in [0.1, 0.15) is 11.4 Å². The highest BCUT2D eigenvalue weighted by molar-refractivity contribution is 6.31. The molecule has 2 aromatic heterocycles. The molecule has 0 N–H and O–H groups in total. The van der Waals surface area contributed by atoms with Gasteiger partial charge in [-0.1, -0.05) is 11.6 Å². The molecule has 140 valence electrons. The highest BCUT2D eigenvalue weighted by atomic mass is 35.5. The average Bonchev–Trinajstić information content (AvgIpc) is 3.07. The van der Waals surface area contributed by atoms with Crippen molar-refractivity contribution in [2.45, 2.75) is 26.3 Å². The Kier molecular flexibility index (Phi) is 4.74. The Bertz CT molecular complexity index is 1050. The normalized spacial score (nSPS) is 15.4. The third kappa shape index (κ3) is 3.62. The molecule has 1 fully saturated rings. The van der Waals surface area contributed by atoms with E-state index in [1.165, 1.54) is 6.07 Å². The first kappa shape index (κ1) is 17.8. The van der Waals surface area contributed by atoms with Crippen LogP contribution in [0.1, 0.15) is 29.2 Å². The van der Waals surface area contributed by atoms with Gasteiger partial charge in [-0.05, 0) is 43.9 Å². The van der Waals surface area contributed by atoms with Gasteiger partial charge in [-0.2, -0.15) is 0 Å². The fourth-order valence-corrected chi connectivity index (χ4v) is 3.76. The largest absolute Gasteiger partial charge is 0.451 e. The number of amides is 1. The zero-order valence-corrected chi connectivity index (χ0v) is 15.8. The molecule has 3 heterocycles. The third-order valence-electron chi connectivity index (χ3n) is 5.18. The lowest BCUT2D eigenvalue weighted by Crippen LogP contribution is -2.39. The quantitative estimate of drug-likeness (QED) is 0.692. The summed E-state index contributed by atoms with van der Waals surface area (Å²) in [4.78, 5) is 31.1. The number of imidazole rings is 1. The van der Waals surface area contributed by atoms with Crippen molar-refractivity contribution in [3.63, 3.8) is 0 Å². The molecule has 0 aliphatic carbocycles. The molecule has 7 heteroatoms. The van der Waals surface area contributed by atoms with E-state index in [0.717, 1.165) is 25.2 Å². The number of fused-ring (bicyclic) bond motifs is 1. The maximum Gasteiger partial charge on any atom is 0.289 e. The molecule has 1 amide bonds. The lowest BCUT2D eigenvalue weighted by molar-refractivity contribution is 0.0651. The number of hydrogen-bond donors (Lipinski definition) is 0. The van der Waals surface area contributed by atoms with Crippen LogP contribution in [-0.4, -0.2) is 33.4 Å². The van der Waals surface area contributed by atoms with Crippen LogP contribution in [0, 0.1) is 12.8 Å². The van der Waals surface area contributed by atoms with Crippen LogP contribution in [-0.2, 0) is 6.54 Å². The van der Waals surface area contributed by atoms with Crippen LogP contribution < -0.4 is 5.43 Å². The molecule has 1 aromatic carbocycles. The predicted octanol–water partition coefficient (Wildman–Crippen LogP) is 3.50. The number of aromatic nitrogens is 2. The van der Waals surface area contributed by atoms with Gasteiger partial charge in [0.25, 0.3) is 5.91 Å². The standard InChI is InChI=1S/C20H20ClN3O3/c1-13-22-6-9-24(13)12-14-4-7-23(8-5-14)20(26)19-11-17(25)16-10-15(21)2-3-18(16)27-19/h2-3,6,9-11,14H,4-5,7-8,12H2,1H3. The Labute approximate surface area is 161 Å². The number of carbonyl (C=O) groups excluding carboxylic acids is 1. The molecule has 4 rings (SSSR count). The number of hydrogen-bond acceptors (Lipinski definition) is 4. The number of aryl methyl sites for hydroxylation is 1. The number of piperidine rings is 1. The minimum Gasteiger partial charge on any atom is -0.451 e. The van der Waals surface area contributed by atoms with Gasteiger partial charge in [-0.25, -0.2) is 4.98 Å². The van der Waals surface area contributed by atoms with Crippen LogP contribution in [0.2, 0.25) is 5.02 Å². The fraction of sp³-hybridized carbons (Fsp3) is 0.350. The SMILES string of the molecule is Cc1nccn1CC1CCN(C(=O)c2cc(=O)c3cc(Cl)ccc3o2)CC1. The summed E-state index contributed by atoms with van der Waals surface area (Å²) >= 11 is 5.93. The van der Waals surface area contributed by atoms with Gasteiger partial charge in [-0.3, -0.25) is 9.59 Å². The van der Waals surface area contributed by atoms with Crippen LogP contribution in [0.5, 0.6) is 0 Å². The summed E-state index contributed by atoms with van der Waals surface area (Å²) in [6.07, 6.45) is 5.62. The van der Waals surface area contributed by atoms with Gasteiger partial charge in [0.05, 0.1) is 5.39 Å². The number of benzene rings is 1. The fourth-order valence-electron chi connectivity index (χ4n) is 3.58. The van der Waals surface area contributed by atoms with Crippen LogP contribution >= 0.6 is 11.6 Å². The average molecular weight is 386 g/mol. The summed E-state index contributed by atoms with van der Waals surface area (Å²) in [5.41, 5.74) is 0.119. The van der Waals surface area contributed by atoms with Crippen molar-refractivity contribution >= 4 is 28.5 Å². The summed E-state index contributed by atoms with van der Waals surface area (Å²) in [7, 11) is 0. The van der Waals surface area contributed by atoms with E-state index in [0.29, 0.717) is 35.0 Å². The monoisotopic (exact) mass is 385 g/mol. The Morgan fingerprint density at radius 3 is 2.78 bits per heavy atom. The van der Waals surface area contributed by atoms with Gasteiger partial charge < -0.3 is 13.9 Å². The topological polar surface area (TPSA) is 68.3 Å². The molecule has 0 atom stereocenters. The zero-order valence-electron chi connectivity index (χ0n) is 15.0. The molecule has 6 nitrogen and oxygen atoms in total. The first-order chi connectivity index (χ1) is 13.0. The molecule has 0 radical (unpaired) electrons. The molecule has 0 spiro atoms. The van der Waals surface area contributed by atoms with Crippen molar-refractivity contribution in [3.05, 3.63) is 63.5 Å². The second kappa shape index (κ2) is 7.19. The van der Waals surface area contributed by atoms with Crippen LogP contribution in [0.25, 0.3) is 11.0 Å². The second-order valence-corrected chi connectivity index (χ2v) is 7.41. The third-order valence-corrected chi connectivity index (χ3v) is 5.42. The smallest absolute Gasteiger partial charge is 0.289 e. The van der Waals surface area contributed by atoms with Crippen molar-refractivity contribution in [2.75, 3.05) is 13.1 Å². The highest BCUT2D eigenvalue weighted by Gasteiger charge is 2.26. The van der Waals surface area contributed by atoms with Crippen molar-refractivity contribution in [3.8, 4) is 0 Å². The highest BCUT2D eigenvalue weighted by Crippen LogP contribution is 2.23. The Morgan fingerprint density at radius 1 is 1.30 bits per heavy atom. The maximum absolute atomic E-state index is 12.8. The lowest BCUT2D eigenvalue weighted by atomic mass is 9.96. The van der Waals surface area contributed by atoms with Gasteiger partial charge >= 0.3 is 0 Å². The Balaban J connectivity index is 1.46. The van der Waals surface area contributed by atoms with Crippen molar-refractivity contribution < 1.29 is 9.21 Å². The molecule has 0 saturated carbocycles. The summed E-state index contributed by atoms with van der Waals surface area (Å²) in [6, 6.07) is 6.09. The molecule has 1 aliphatic heterocycles. The summed E-state index contributed by atoms with van der Waals surface area (Å²) < 4.78 is 7.83. The van der Waals surface area contributed by atoms with E-state index in [1.807, 2.05) is 19.3 Å². The number of nitrogens with zero attached hydrogens (tertiary/aromatic N) is 3. The summed E-state index contributed by atoms with van der Waals surface area (Å²) in [5, 5.41) is 0.845. The van der Waals surface area contributed by atoms with Gasteiger partial charge in [0.2, 0.25) is 0 Å². The molecule has 3 aromatic rings. The Hall–Kier alpha value is -2.60. The van der Waals surface area contributed by atoms with E-state index in [4.69, 9.17) is 16.0 Å². The summed E-state index contributed by atoms with van der Waals surface area (Å²) in [6.45, 7) is 4.21. The van der Waals surface area contributed by atoms with Crippen molar-refractivity contribution in [1.82, 2.24) is 14.5 Å². The van der Waals surface area contributed by atoms with Gasteiger partial charge in [0.15, 0.2) is 11.2 Å². The summed E-state index contributed by atoms with van der Waals surface area (Å²) in [5.74, 6) is 1.36. The van der Waals surface area contributed by atoms with E-state index >= 15 is 0 Å². The Morgan fingerprint density at radius 2 is 2.07 bits per heavy atom. The molecule has 0 unspecified atom stereocenters. The van der Waals surface area contributed by atoms with Crippen molar-refractivity contribution in [1.29, 1.82) is 0 Å². The number of rotatable bonds is 3. The van der Waals surface area contributed by atoms with Crippen LogP contribution in [0.4, 0.5) is 0 Å². The number of likely N-dealkylation sites (tertiary alicyclic amines) is 1. The first-order valence-corrected chi connectivity index (χ1v) is 9.39. The molecule has 27 heavy (non-hydrogen) atoms. The zero-order chi connectivity index (χ0) is 19.0. The van der Waals surface area contributed by atoms with E-state index in [-0.39, 0.29) is 17.1 Å². The van der Waals surface area contributed by atoms with Crippen molar-refractivity contribution in [2.24, 2.45) is 5.92 Å². The van der Waals surface area contributed by atoms with E-state index in [2.05, 4.69) is 9.55 Å². The molecule has 0 bridgehead atoms. The molecular formula is C20H20ClN3O3. The van der Waals surface area contributed by atoms with Crippen LogP contribution in [0.3, 0.4) is 0 Å². The predicted molar refractivity (Wildman–Crippen MR) is 103 cm³/mol. The minimum absolute atomic E-state index is 0.0822. The second-order valence-electron chi connectivity index (χ2n) is 6.98. The molecule has 1 aliphatic rings. The minimum atomic E-state index is -0.257. The van der Waals surface area contributed by atoms with Gasteiger partial charge in [-0.15, -0.1) is 0 Å².